The largest absolute Gasteiger partial charge is 0.423 e. The highest BCUT2D eigenvalue weighted by molar-refractivity contribution is 14.1. The molecule has 0 saturated heterocycles. The lowest BCUT2D eigenvalue weighted by Gasteiger charge is -1.93. The van der Waals surface area contributed by atoms with Crippen LogP contribution >= 0.6 is 22.6 Å². The minimum Gasteiger partial charge on any atom is -0.423 e. The molecule has 74 valence electrons. The van der Waals surface area contributed by atoms with E-state index in [1.165, 1.54) is 0 Å². The van der Waals surface area contributed by atoms with E-state index in [9.17, 15) is 0 Å². The minimum atomic E-state index is 0.538. The summed E-state index contributed by atoms with van der Waals surface area (Å²) in [4.78, 5) is 0. The van der Waals surface area contributed by atoms with Crippen LogP contribution < -0.4 is 0 Å². The van der Waals surface area contributed by atoms with Crippen molar-refractivity contribution in [2.75, 3.05) is 0 Å². The van der Waals surface area contributed by atoms with Gasteiger partial charge in [-0.15, -0.1) is 10.2 Å². The predicted molar refractivity (Wildman–Crippen MR) is 57.7 cm³/mol. The summed E-state index contributed by atoms with van der Waals surface area (Å²) in [5.41, 5.74) is 0. The Hall–Kier alpha value is -0.920. The Labute approximate surface area is 94.7 Å². The third-order valence-electron chi connectivity index (χ3n) is 1.71. The molecule has 2 aromatic heterocycles. The summed E-state index contributed by atoms with van der Waals surface area (Å²) in [6.07, 6.45) is 4.48. The Morgan fingerprint density at radius 2 is 2.21 bits per heavy atom. The lowest BCUT2D eigenvalue weighted by atomic mass is 10.5. The van der Waals surface area contributed by atoms with Crippen molar-refractivity contribution >= 4 is 22.6 Å². The van der Waals surface area contributed by atoms with E-state index in [4.69, 9.17) is 4.42 Å². The van der Waals surface area contributed by atoms with E-state index < -0.39 is 0 Å². The smallest absolute Gasteiger partial charge is 0.237 e. The molecule has 0 aliphatic rings. The average molecular weight is 304 g/mol. The van der Waals surface area contributed by atoms with Crippen molar-refractivity contribution in [2.45, 2.75) is 19.9 Å². The van der Waals surface area contributed by atoms with Crippen molar-refractivity contribution in [3.8, 4) is 0 Å². The monoisotopic (exact) mass is 304 g/mol. The summed E-state index contributed by atoms with van der Waals surface area (Å²) in [5.74, 6) is 1.27. The molecule has 0 unspecified atom stereocenters. The minimum absolute atomic E-state index is 0.538. The number of rotatable bonds is 3. The van der Waals surface area contributed by atoms with E-state index in [1.807, 2.05) is 13.1 Å². The van der Waals surface area contributed by atoms with Crippen molar-refractivity contribution in [1.82, 2.24) is 20.0 Å². The summed E-state index contributed by atoms with van der Waals surface area (Å²) in [7, 11) is 0. The summed E-state index contributed by atoms with van der Waals surface area (Å²) in [5, 5.41) is 11.9. The Morgan fingerprint density at radius 1 is 1.43 bits per heavy atom. The molecule has 0 bridgehead atoms. The second-order valence-electron chi connectivity index (χ2n) is 2.80. The number of hydrogen-bond donors (Lipinski definition) is 0. The average Bonchev–Trinajstić information content (AvgIpc) is 2.76. The Bertz CT molecular complexity index is 422. The highest BCUT2D eigenvalue weighted by Crippen LogP contribution is 2.05. The molecule has 5 nitrogen and oxygen atoms in total. The SMILES string of the molecule is CCc1nnc(Cn2cc(I)cn2)o1. The van der Waals surface area contributed by atoms with Crippen LogP contribution in [0, 0.1) is 3.57 Å². The normalized spacial score (nSPS) is 10.7. The van der Waals surface area contributed by atoms with E-state index in [0.29, 0.717) is 18.3 Å². The molecule has 14 heavy (non-hydrogen) atoms. The van der Waals surface area contributed by atoms with Gasteiger partial charge in [0.2, 0.25) is 11.8 Å². The van der Waals surface area contributed by atoms with Gasteiger partial charge in [-0.2, -0.15) is 5.10 Å². The van der Waals surface area contributed by atoms with E-state index >= 15 is 0 Å². The van der Waals surface area contributed by atoms with Crippen LogP contribution in [-0.2, 0) is 13.0 Å². The van der Waals surface area contributed by atoms with E-state index in [2.05, 4.69) is 37.9 Å². The molecular formula is C8H9IN4O. The van der Waals surface area contributed by atoms with Gasteiger partial charge in [-0.3, -0.25) is 4.68 Å². The molecule has 0 aliphatic carbocycles. The molecule has 2 heterocycles. The summed E-state index contributed by atoms with van der Waals surface area (Å²) < 4.78 is 8.23. The van der Waals surface area contributed by atoms with Crippen molar-refractivity contribution in [1.29, 1.82) is 0 Å². The highest BCUT2D eigenvalue weighted by Gasteiger charge is 2.05. The van der Waals surface area contributed by atoms with Crippen LogP contribution in [0.15, 0.2) is 16.8 Å². The Balaban J connectivity index is 2.10. The summed E-state index contributed by atoms with van der Waals surface area (Å²) >= 11 is 2.21. The molecule has 0 saturated carbocycles. The predicted octanol–water partition coefficient (Wildman–Crippen LogP) is 1.48. The number of hydrogen-bond acceptors (Lipinski definition) is 4. The zero-order valence-corrected chi connectivity index (χ0v) is 9.80. The summed E-state index contributed by atoms with van der Waals surface area (Å²) in [6.45, 7) is 2.52. The maximum atomic E-state index is 5.36. The van der Waals surface area contributed by atoms with Crippen molar-refractivity contribution in [3.05, 3.63) is 27.7 Å². The van der Waals surface area contributed by atoms with Crippen molar-refractivity contribution in [3.63, 3.8) is 0 Å². The Morgan fingerprint density at radius 3 is 2.79 bits per heavy atom. The maximum Gasteiger partial charge on any atom is 0.237 e. The van der Waals surface area contributed by atoms with Gasteiger partial charge < -0.3 is 4.42 Å². The van der Waals surface area contributed by atoms with Gasteiger partial charge >= 0.3 is 0 Å². The Kier molecular flexibility index (Phi) is 2.80. The van der Waals surface area contributed by atoms with Crippen molar-refractivity contribution in [2.24, 2.45) is 0 Å². The molecule has 0 aromatic carbocycles. The molecule has 2 aromatic rings. The molecule has 0 spiro atoms. The fraction of sp³-hybridized carbons (Fsp3) is 0.375. The fourth-order valence-corrected chi connectivity index (χ4v) is 1.50. The molecular weight excluding hydrogens is 295 g/mol. The number of halogens is 1. The van der Waals surface area contributed by atoms with Crippen LogP contribution in [0.4, 0.5) is 0 Å². The van der Waals surface area contributed by atoms with Crippen LogP contribution in [0.5, 0.6) is 0 Å². The van der Waals surface area contributed by atoms with Crippen molar-refractivity contribution < 1.29 is 4.42 Å². The molecule has 0 N–H and O–H groups in total. The second kappa shape index (κ2) is 4.07. The maximum absolute atomic E-state index is 5.36. The van der Waals surface area contributed by atoms with Crippen LogP contribution in [0.25, 0.3) is 0 Å². The van der Waals surface area contributed by atoms with Crippen LogP contribution in [-0.4, -0.2) is 20.0 Å². The molecule has 0 fully saturated rings. The van der Waals surface area contributed by atoms with E-state index in [1.54, 1.807) is 10.9 Å². The third-order valence-corrected chi connectivity index (χ3v) is 2.27. The first-order valence-electron chi connectivity index (χ1n) is 4.27. The van der Waals surface area contributed by atoms with E-state index in [-0.39, 0.29) is 0 Å². The number of aryl methyl sites for hydroxylation is 1. The lowest BCUT2D eigenvalue weighted by molar-refractivity contribution is 0.433. The first kappa shape index (κ1) is 9.63. The van der Waals surface area contributed by atoms with Gasteiger partial charge in [0.1, 0.15) is 6.54 Å². The van der Waals surface area contributed by atoms with Crippen LogP contribution in [0.1, 0.15) is 18.7 Å². The highest BCUT2D eigenvalue weighted by atomic mass is 127. The molecule has 6 heteroatoms. The lowest BCUT2D eigenvalue weighted by Crippen LogP contribution is -1.99. The number of aromatic nitrogens is 4. The number of nitrogens with zero attached hydrogens (tertiary/aromatic N) is 4. The topological polar surface area (TPSA) is 56.7 Å². The first-order chi connectivity index (χ1) is 6.78. The molecule has 0 amide bonds. The summed E-state index contributed by atoms with van der Waals surface area (Å²) in [6, 6.07) is 0. The van der Waals surface area contributed by atoms with Gasteiger partial charge in [-0.05, 0) is 22.6 Å². The fourth-order valence-electron chi connectivity index (χ4n) is 1.06. The van der Waals surface area contributed by atoms with Gasteiger partial charge in [-0.1, -0.05) is 6.92 Å². The molecule has 0 aliphatic heterocycles. The zero-order chi connectivity index (χ0) is 9.97. The molecule has 2 rings (SSSR count). The van der Waals surface area contributed by atoms with Gasteiger partial charge in [-0.25, -0.2) is 0 Å². The van der Waals surface area contributed by atoms with Crippen LogP contribution in [0.3, 0.4) is 0 Å². The van der Waals surface area contributed by atoms with Gasteiger partial charge in [0.05, 0.1) is 9.77 Å². The van der Waals surface area contributed by atoms with Gasteiger partial charge in [0, 0.05) is 12.6 Å². The second-order valence-corrected chi connectivity index (χ2v) is 4.04. The van der Waals surface area contributed by atoms with Gasteiger partial charge in [0.15, 0.2) is 0 Å². The zero-order valence-electron chi connectivity index (χ0n) is 7.64. The van der Waals surface area contributed by atoms with Gasteiger partial charge in [0.25, 0.3) is 0 Å². The van der Waals surface area contributed by atoms with Crippen LogP contribution in [0.2, 0.25) is 0 Å². The molecule has 0 atom stereocenters. The first-order valence-corrected chi connectivity index (χ1v) is 5.35. The quantitative estimate of drug-likeness (QED) is 0.806. The standard InChI is InChI=1S/C8H9IN4O/c1-2-7-11-12-8(14-7)5-13-4-6(9)3-10-13/h3-4H,2,5H2,1H3. The third kappa shape index (κ3) is 2.11. The van der Waals surface area contributed by atoms with E-state index in [0.717, 1.165) is 9.99 Å². The molecule has 0 radical (unpaired) electrons.